The van der Waals surface area contributed by atoms with E-state index in [0.29, 0.717) is 23.2 Å². The number of piperidine rings is 1. The van der Waals surface area contributed by atoms with E-state index < -0.39 is 0 Å². The van der Waals surface area contributed by atoms with Crippen LogP contribution in [0, 0.1) is 12.8 Å². The SMILES string of the molecule is COc1ccnc(N2CCC(C(=O)Nc3cnc4n[nH]c(C)c4c3)CC2)n1. The highest BCUT2D eigenvalue weighted by atomic mass is 16.5. The number of hydrogen-bond acceptors (Lipinski definition) is 7. The molecule has 1 fully saturated rings. The summed E-state index contributed by atoms with van der Waals surface area (Å²) in [4.78, 5) is 27.6. The second-order valence-corrected chi connectivity index (χ2v) is 6.59. The molecule has 4 rings (SSSR count). The number of rotatable bonds is 4. The Balaban J connectivity index is 1.38. The lowest BCUT2D eigenvalue weighted by molar-refractivity contribution is -0.120. The average molecular weight is 367 g/mol. The molecule has 3 aromatic heterocycles. The maximum absolute atomic E-state index is 12.6. The molecule has 0 aromatic carbocycles. The van der Waals surface area contributed by atoms with Gasteiger partial charge in [-0.2, -0.15) is 10.1 Å². The Hall–Kier alpha value is -3.23. The summed E-state index contributed by atoms with van der Waals surface area (Å²) >= 11 is 0. The summed E-state index contributed by atoms with van der Waals surface area (Å²) in [5.41, 5.74) is 2.27. The number of hydrogen-bond donors (Lipinski definition) is 2. The Labute approximate surface area is 156 Å². The number of methoxy groups -OCH3 is 1. The Morgan fingerprint density at radius 2 is 2.15 bits per heavy atom. The van der Waals surface area contributed by atoms with Crippen LogP contribution in [0.2, 0.25) is 0 Å². The third-order valence-electron chi connectivity index (χ3n) is 4.84. The Bertz CT molecular complexity index is 963. The van der Waals surface area contributed by atoms with E-state index in [-0.39, 0.29) is 11.8 Å². The van der Waals surface area contributed by atoms with Crippen molar-refractivity contribution in [2.75, 3.05) is 30.4 Å². The third kappa shape index (κ3) is 3.53. The molecule has 0 atom stereocenters. The maximum atomic E-state index is 12.6. The van der Waals surface area contributed by atoms with E-state index in [4.69, 9.17) is 4.74 Å². The van der Waals surface area contributed by atoms with Gasteiger partial charge in [0, 0.05) is 42.4 Å². The third-order valence-corrected chi connectivity index (χ3v) is 4.84. The van der Waals surface area contributed by atoms with Crippen molar-refractivity contribution >= 4 is 28.6 Å². The van der Waals surface area contributed by atoms with Gasteiger partial charge in [-0.25, -0.2) is 9.97 Å². The van der Waals surface area contributed by atoms with Crippen molar-refractivity contribution in [2.24, 2.45) is 5.92 Å². The van der Waals surface area contributed by atoms with Crippen molar-refractivity contribution in [1.29, 1.82) is 0 Å². The van der Waals surface area contributed by atoms with E-state index in [9.17, 15) is 4.79 Å². The molecule has 0 unspecified atom stereocenters. The van der Waals surface area contributed by atoms with Crippen LogP contribution in [0.5, 0.6) is 5.88 Å². The number of fused-ring (bicyclic) bond motifs is 1. The number of H-pyrrole nitrogens is 1. The zero-order chi connectivity index (χ0) is 18.8. The zero-order valence-electron chi connectivity index (χ0n) is 15.3. The lowest BCUT2D eigenvalue weighted by atomic mass is 9.96. The number of carbonyl (C=O) groups is 1. The Morgan fingerprint density at radius 1 is 1.33 bits per heavy atom. The number of pyridine rings is 1. The molecule has 1 aliphatic rings. The lowest BCUT2D eigenvalue weighted by Crippen LogP contribution is -2.39. The molecule has 0 bridgehead atoms. The molecule has 1 amide bonds. The summed E-state index contributed by atoms with van der Waals surface area (Å²) < 4.78 is 5.15. The minimum Gasteiger partial charge on any atom is -0.481 e. The molecule has 9 heteroatoms. The number of aryl methyl sites for hydroxylation is 1. The maximum Gasteiger partial charge on any atom is 0.228 e. The van der Waals surface area contributed by atoms with Gasteiger partial charge in [0.1, 0.15) is 0 Å². The normalized spacial score (nSPS) is 15.1. The monoisotopic (exact) mass is 367 g/mol. The summed E-state index contributed by atoms with van der Waals surface area (Å²) in [6.45, 7) is 3.38. The van der Waals surface area contributed by atoms with E-state index in [1.807, 2.05) is 13.0 Å². The fourth-order valence-corrected chi connectivity index (χ4v) is 3.27. The van der Waals surface area contributed by atoms with Crippen LogP contribution in [-0.2, 0) is 4.79 Å². The predicted octanol–water partition coefficient (Wildman–Crippen LogP) is 1.92. The first-order valence-electron chi connectivity index (χ1n) is 8.87. The number of amides is 1. The molecular formula is C18H21N7O2. The molecular weight excluding hydrogens is 346 g/mol. The number of aromatic amines is 1. The first kappa shape index (κ1) is 17.2. The van der Waals surface area contributed by atoms with Crippen LogP contribution in [0.4, 0.5) is 11.6 Å². The summed E-state index contributed by atoms with van der Waals surface area (Å²) in [5, 5.41) is 10.9. The van der Waals surface area contributed by atoms with Gasteiger partial charge in [0.25, 0.3) is 0 Å². The molecule has 0 aliphatic carbocycles. The predicted molar refractivity (Wildman–Crippen MR) is 101 cm³/mol. The molecule has 1 saturated heterocycles. The largest absolute Gasteiger partial charge is 0.481 e. The number of nitrogens with one attached hydrogen (secondary N) is 2. The lowest BCUT2D eigenvalue weighted by Gasteiger charge is -2.31. The highest BCUT2D eigenvalue weighted by molar-refractivity contribution is 5.94. The van der Waals surface area contributed by atoms with Crippen LogP contribution in [0.3, 0.4) is 0 Å². The molecule has 0 radical (unpaired) electrons. The van der Waals surface area contributed by atoms with Crippen LogP contribution in [0.15, 0.2) is 24.5 Å². The summed E-state index contributed by atoms with van der Waals surface area (Å²) in [7, 11) is 1.58. The van der Waals surface area contributed by atoms with Gasteiger partial charge in [-0.3, -0.25) is 9.89 Å². The number of anilines is 2. The topological polar surface area (TPSA) is 109 Å². The van der Waals surface area contributed by atoms with Crippen molar-refractivity contribution in [3.63, 3.8) is 0 Å². The van der Waals surface area contributed by atoms with Gasteiger partial charge in [0.05, 0.1) is 19.0 Å². The fraction of sp³-hybridized carbons (Fsp3) is 0.389. The molecule has 3 aromatic rings. The van der Waals surface area contributed by atoms with Gasteiger partial charge in [-0.1, -0.05) is 0 Å². The highest BCUT2D eigenvalue weighted by Gasteiger charge is 2.26. The van der Waals surface area contributed by atoms with Crippen molar-refractivity contribution in [3.8, 4) is 5.88 Å². The van der Waals surface area contributed by atoms with Crippen molar-refractivity contribution in [3.05, 3.63) is 30.2 Å². The number of aromatic nitrogens is 5. The van der Waals surface area contributed by atoms with Crippen LogP contribution >= 0.6 is 0 Å². The number of ether oxygens (including phenoxy) is 1. The summed E-state index contributed by atoms with van der Waals surface area (Å²) in [6.07, 6.45) is 4.81. The Morgan fingerprint density at radius 3 is 2.93 bits per heavy atom. The van der Waals surface area contributed by atoms with Gasteiger partial charge in [-0.15, -0.1) is 0 Å². The molecule has 0 spiro atoms. The van der Waals surface area contributed by atoms with Crippen molar-refractivity contribution in [1.82, 2.24) is 25.1 Å². The molecule has 9 nitrogen and oxygen atoms in total. The van der Waals surface area contributed by atoms with E-state index >= 15 is 0 Å². The van der Waals surface area contributed by atoms with E-state index in [1.165, 1.54) is 0 Å². The number of nitrogens with zero attached hydrogens (tertiary/aromatic N) is 5. The smallest absolute Gasteiger partial charge is 0.228 e. The zero-order valence-corrected chi connectivity index (χ0v) is 15.3. The molecule has 1 aliphatic heterocycles. The van der Waals surface area contributed by atoms with E-state index in [2.05, 4.69) is 35.4 Å². The minimum atomic E-state index is -0.0481. The van der Waals surface area contributed by atoms with Crippen LogP contribution in [-0.4, -0.2) is 51.3 Å². The van der Waals surface area contributed by atoms with Crippen molar-refractivity contribution < 1.29 is 9.53 Å². The van der Waals surface area contributed by atoms with Gasteiger partial charge in [-0.05, 0) is 25.8 Å². The van der Waals surface area contributed by atoms with Crippen molar-refractivity contribution in [2.45, 2.75) is 19.8 Å². The number of carbonyl (C=O) groups excluding carboxylic acids is 1. The van der Waals surface area contributed by atoms with Crippen LogP contribution in [0.25, 0.3) is 11.0 Å². The second kappa shape index (κ2) is 7.18. The van der Waals surface area contributed by atoms with Gasteiger partial charge >= 0.3 is 0 Å². The van der Waals surface area contributed by atoms with Crippen LogP contribution in [0.1, 0.15) is 18.5 Å². The minimum absolute atomic E-state index is 0.0171. The van der Waals surface area contributed by atoms with Crippen LogP contribution < -0.4 is 15.0 Å². The highest BCUT2D eigenvalue weighted by Crippen LogP contribution is 2.24. The van der Waals surface area contributed by atoms with E-state index in [1.54, 1.807) is 25.6 Å². The molecule has 27 heavy (non-hydrogen) atoms. The standard InChI is InChI=1S/C18H21N7O2/c1-11-14-9-13(10-20-16(14)24-23-11)21-17(26)12-4-7-25(8-5-12)18-19-6-3-15(22-18)27-2/h3,6,9-10,12H,4-5,7-8H2,1-2H3,(H,21,26)(H,20,23,24). The summed E-state index contributed by atoms with van der Waals surface area (Å²) in [5.74, 6) is 1.15. The summed E-state index contributed by atoms with van der Waals surface area (Å²) in [6, 6.07) is 3.62. The second-order valence-electron chi connectivity index (χ2n) is 6.59. The first-order valence-corrected chi connectivity index (χ1v) is 8.87. The van der Waals surface area contributed by atoms with Gasteiger partial charge < -0.3 is 15.0 Å². The molecule has 0 saturated carbocycles. The molecule has 2 N–H and O–H groups in total. The van der Waals surface area contributed by atoms with Gasteiger partial charge in [0.15, 0.2) is 5.65 Å². The fourth-order valence-electron chi connectivity index (χ4n) is 3.27. The molecule has 140 valence electrons. The van der Waals surface area contributed by atoms with Gasteiger partial charge in [0.2, 0.25) is 17.7 Å². The quantitative estimate of drug-likeness (QED) is 0.725. The Kier molecular flexibility index (Phi) is 4.57. The first-order chi connectivity index (χ1) is 13.1. The average Bonchev–Trinajstić information content (AvgIpc) is 3.08. The molecule has 4 heterocycles. The van der Waals surface area contributed by atoms with E-state index in [0.717, 1.165) is 37.0 Å².